The third kappa shape index (κ3) is 3.04. The summed E-state index contributed by atoms with van der Waals surface area (Å²) in [5, 5.41) is 9.24. The Morgan fingerprint density at radius 3 is 2.65 bits per heavy atom. The molecule has 110 valence electrons. The van der Waals surface area contributed by atoms with Crippen molar-refractivity contribution in [1.82, 2.24) is 0 Å². The molecule has 0 saturated heterocycles. The van der Waals surface area contributed by atoms with Gasteiger partial charge in [-0.05, 0) is 49.4 Å². The highest BCUT2D eigenvalue weighted by Crippen LogP contribution is 2.36. The first-order chi connectivity index (χ1) is 9.56. The normalized spacial score (nSPS) is 25.4. The maximum atomic E-state index is 11.3. The van der Waals surface area contributed by atoms with Crippen LogP contribution >= 0.6 is 0 Å². The minimum absolute atomic E-state index is 0.0155. The van der Waals surface area contributed by atoms with Gasteiger partial charge in [-0.1, -0.05) is 6.42 Å². The van der Waals surface area contributed by atoms with Crippen LogP contribution in [0.4, 0.5) is 0 Å². The quantitative estimate of drug-likeness (QED) is 0.832. The molecule has 1 aliphatic rings. The van der Waals surface area contributed by atoms with Crippen LogP contribution in [-0.4, -0.2) is 30.3 Å². The second-order valence-electron chi connectivity index (χ2n) is 5.25. The van der Waals surface area contributed by atoms with E-state index in [0.717, 1.165) is 24.3 Å². The molecule has 1 saturated carbocycles. The number of aliphatic carboxylic acids is 1. The number of carboxylic acids is 1. The molecule has 2 rings (SSSR count). The maximum Gasteiger partial charge on any atom is 0.323 e. The third-order valence-corrected chi connectivity index (χ3v) is 4.06. The van der Waals surface area contributed by atoms with Gasteiger partial charge in [-0.3, -0.25) is 4.79 Å². The molecule has 1 aromatic carbocycles. The van der Waals surface area contributed by atoms with Crippen molar-refractivity contribution >= 4 is 5.97 Å². The summed E-state index contributed by atoms with van der Waals surface area (Å²) in [6.45, 7) is 0.475. The van der Waals surface area contributed by atoms with Gasteiger partial charge in [0.05, 0.1) is 13.7 Å². The van der Waals surface area contributed by atoms with Crippen molar-refractivity contribution in [3.63, 3.8) is 0 Å². The first kappa shape index (κ1) is 14.7. The van der Waals surface area contributed by atoms with Crippen molar-refractivity contribution in [1.29, 1.82) is 0 Å². The highest BCUT2D eigenvalue weighted by Gasteiger charge is 2.45. The van der Waals surface area contributed by atoms with E-state index in [0.29, 0.717) is 19.4 Å². The largest absolute Gasteiger partial charge is 0.497 e. The molecule has 0 radical (unpaired) electrons. The van der Waals surface area contributed by atoms with E-state index in [1.54, 1.807) is 7.11 Å². The lowest BCUT2D eigenvalue weighted by Crippen LogP contribution is -2.51. The van der Waals surface area contributed by atoms with Gasteiger partial charge in [0.25, 0.3) is 0 Å². The van der Waals surface area contributed by atoms with E-state index in [-0.39, 0.29) is 5.92 Å². The van der Waals surface area contributed by atoms with Crippen molar-refractivity contribution < 1.29 is 19.4 Å². The van der Waals surface area contributed by atoms with Gasteiger partial charge in [-0.2, -0.15) is 0 Å². The van der Waals surface area contributed by atoms with Crippen LogP contribution in [-0.2, 0) is 4.79 Å². The maximum absolute atomic E-state index is 11.3. The molecule has 20 heavy (non-hydrogen) atoms. The lowest BCUT2D eigenvalue weighted by atomic mass is 9.86. The monoisotopic (exact) mass is 279 g/mol. The Kier molecular flexibility index (Phi) is 4.49. The van der Waals surface area contributed by atoms with Gasteiger partial charge in [0.2, 0.25) is 0 Å². The highest BCUT2D eigenvalue weighted by molar-refractivity contribution is 5.79. The zero-order chi connectivity index (χ0) is 14.6. The SMILES string of the molecule is COc1ccc(OCCC2CCCC2(N)C(=O)O)cc1. The number of hydrogen-bond donors (Lipinski definition) is 2. The predicted molar refractivity (Wildman–Crippen MR) is 75.0 cm³/mol. The number of carboxylic acid groups (broad SMARTS) is 1. The summed E-state index contributed by atoms with van der Waals surface area (Å²) >= 11 is 0. The van der Waals surface area contributed by atoms with E-state index in [2.05, 4.69) is 0 Å². The Morgan fingerprint density at radius 2 is 2.05 bits per heavy atom. The summed E-state index contributed by atoms with van der Waals surface area (Å²) < 4.78 is 10.7. The van der Waals surface area contributed by atoms with Crippen molar-refractivity contribution in [3.05, 3.63) is 24.3 Å². The van der Waals surface area contributed by atoms with E-state index in [4.69, 9.17) is 15.2 Å². The Morgan fingerprint density at radius 1 is 1.40 bits per heavy atom. The summed E-state index contributed by atoms with van der Waals surface area (Å²) in [4.78, 5) is 11.3. The van der Waals surface area contributed by atoms with Crippen molar-refractivity contribution in [2.45, 2.75) is 31.2 Å². The molecule has 1 aliphatic carbocycles. The smallest absolute Gasteiger partial charge is 0.323 e. The molecule has 1 fully saturated rings. The highest BCUT2D eigenvalue weighted by atomic mass is 16.5. The van der Waals surface area contributed by atoms with E-state index < -0.39 is 11.5 Å². The fourth-order valence-electron chi connectivity index (χ4n) is 2.78. The fraction of sp³-hybridized carbons (Fsp3) is 0.533. The molecule has 0 aliphatic heterocycles. The topological polar surface area (TPSA) is 81.8 Å². The molecule has 0 heterocycles. The minimum atomic E-state index is -1.08. The average molecular weight is 279 g/mol. The molecule has 0 amide bonds. The Hall–Kier alpha value is -1.75. The number of rotatable bonds is 6. The van der Waals surface area contributed by atoms with Crippen molar-refractivity contribution in [3.8, 4) is 11.5 Å². The number of carbonyl (C=O) groups is 1. The molecule has 3 N–H and O–H groups in total. The molecule has 1 aromatic rings. The van der Waals surface area contributed by atoms with Crippen LogP contribution in [0.25, 0.3) is 0 Å². The Bertz CT molecular complexity index is 459. The zero-order valence-electron chi connectivity index (χ0n) is 11.7. The molecule has 2 unspecified atom stereocenters. The summed E-state index contributed by atoms with van der Waals surface area (Å²) in [6, 6.07) is 7.32. The summed E-state index contributed by atoms with van der Waals surface area (Å²) in [6.07, 6.45) is 2.94. The lowest BCUT2D eigenvalue weighted by molar-refractivity contribution is -0.144. The number of hydrogen-bond acceptors (Lipinski definition) is 4. The number of methoxy groups -OCH3 is 1. The molecular formula is C15H21NO4. The van der Waals surface area contributed by atoms with E-state index in [1.807, 2.05) is 24.3 Å². The van der Waals surface area contributed by atoms with Crippen molar-refractivity contribution in [2.24, 2.45) is 11.7 Å². The van der Waals surface area contributed by atoms with Gasteiger partial charge in [0, 0.05) is 0 Å². The number of benzene rings is 1. The van der Waals surface area contributed by atoms with Crippen LogP contribution in [0.2, 0.25) is 0 Å². The first-order valence-corrected chi connectivity index (χ1v) is 6.85. The van der Waals surface area contributed by atoms with E-state index in [1.165, 1.54) is 0 Å². The summed E-state index contributed by atoms with van der Waals surface area (Å²) in [5.74, 6) is 0.615. The first-order valence-electron chi connectivity index (χ1n) is 6.85. The number of ether oxygens (including phenoxy) is 2. The van der Waals surface area contributed by atoms with Crippen LogP contribution < -0.4 is 15.2 Å². The summed E-state index contributed by atoms with van der Waals surface area (Å²) in [5.41, 5.74) is 4.91. The minimum Gasteiger partial charge on any atom is -0.497 e. The number of nitrogens with two attached hydrogens (primary N) is 1. The van der Waals surface area contributed by atoms with Gasteiger partial charge in [0.1, 0.15) is 17.0 Å². The molecule has 5 nitrogen and oxygen atoms in total. The van der Waals surface area contributed by atoms with E-state index in [9.17, 15) is 9.90 Å². The van der Waals surface area contributed by atoms with Crippen LogP contribution in [0, 0.1) is 5.92 Å². The second-order valence-corrected chi connectivity index (χ2v) is 5.25. The lowest BCUT2D eigenvalue weighted by Gasteiger charge is -2.26. The van der Waals surface area contributed by atoms with Gasteiger partial charge < -0.3 is 20.3 Å². The average Bonchev–Trinajstić information content (AvgIpc) is 2.82. The predicted octanol–water partition coefficient (Wildman–Crippen LogP) is 2.05. The standard InChI is InChI=1S/C15H21NO4/c1-19-12-4-6-13(7-5-12)20-10-8-11-3-2-9-15(11,16)14(17)18/h4-7,11H,2-3,8-10,16H2,1H3,(H,17,18). The molecule has 2 atom stereocenters. The second kappa shape index (κ2) is 6.13. The van der Waals surface area contributed by atoms with Crippen LogP contribution in [0.1, 0.15) is 25.7 Å². The van der Waals surface area contributed by atoms with Gasteiger partial charge >= 0.3 is 5.97 Å². The fourth-order valence-corrected chi connectivity index (χ4v) is 2.78. The molecule has 0 spiro atoms. The van der Waals surface area contributed by atoms with Crippen molar-refractivity contribution in [2.75, 3.05) is 13.7 Å². The molecule has 0 aromatic heterocycles. The van der Waals surface area contributed by atoms with Gasteiger partial charge in [-0.25, -0.2) is 0 Å². The van der Waals surface area contributed by atoms with Crippen LogP contribution in [0.15, 0.2) is 24.3 Å². The molecule has 0 bridgehead atoms. The van der Waals surface area contributed by atoms with Gasteiger partial charge in [-0.15, -0.1) is 0 Å². The Balaban J connectivity index is 1.84. The molecular weight excluding hydrogens is 258 g/mol. The van der Waals surface area contributed by atoms with Gasteiger partial charge in [0.15, 0.2) is 0 Å². The van der Waals surface area contributed by atoms with E-state index >= 15 is 0 Å². The van der Waals surface area contributed by atoms with Crippen LogP contribution in [0.5, 0.6) is 11.5 Å². The summed E-state index contributed by atoms with van der Waals surface area (Å²) in [7, 11) is 1.61. The zero-order valence-corrected chi connectivity index (χ0v) is 11.7. The van der Waals surface area contributed by atoms with Crippen LogP contribution in [0.3, 0.4) is 0 Å². The molecule has 5 heteroatoms. The Labute approximate surface area is 118 Å². The third-order valence-electron chi connectivity index (χ3n) is 4.06.